The third kappa shape index (κ3) is 2.76. The van der Waals surface area contributed by atoms with Gasteiger partial charge in [-0.3, -0.25) is 18.8 Å². The van der Waals surface area contributed by atoms with Crippen molar-refractivity contribution in [1.29, 1.82) is 0 Å². The minimum atomic E-state index is -0.456. The second-order valence-electron chi connectivity index (χ2n) is 6.43. The lowest BCUT2D eigenvalue weighted by molar-refractivity contribution is -0.165. The molecule has 0 aliphatic carbocycles. The van der Waals surface area contributed by atoms with Crippen molar-refractivity contribution in [2.75, 3.05) is 35.4 Å². The summed E-state index contributed by atoms with van der Waals surface area (Å²) in [5, 5.41) is 0. The highest BCUT2D eigenvalue weighted by atomic mass is 16.7. The van der Waals surface area contributed by atoms with E-state index in [0.717, 1.165) is 0 Å². The first-order chi connectivity index (χ1) is 10.8. The molecule has 9 nitrogen and oxygen atoms in total. The van der Waals surface area contributed by atoms with Crippen LogP contribution in [0.25, 0.3) is 11.2 Å². The quantitative estimate of drug-likeness (QED) is 0.809. The van der Waals surface area contributed by atoms with Crippen LogP contribution in [0, 0.1) is 0 Å². The Morgan fingerprint density at radius 1 is 1.35 bits per heavy atom. The number of hydrogen-bond donors (Lipinski definition) is 1. The average molecular weight is 324 g/mol. The van der Waals surface area contributed by atoms with Crippen LogP contribution in [-0.2, 0) is 14.2 Å². The van der Waals surface area contributed by atoms with E-state index in [1.807, 2.05) is 21.1 Å². The van der Waals surface area contributed by atoms with Crippen LogP contribution in [0.4, 0.5) is 5.95 Å². The molecule has 1 fully saturated rings. The Balaban J connectivity index is 2.06. The Kier molecular flexibility index (Phi) is 3.96. The molecular weight excluding hydrogens is 302 g/mol. The number of ether oxygens (including phenoxy) is 3. The first-order valence-electron chi connectivity index (χ1n) is 7.35. The number of hydrogen-bond acceptors (Lipinski definition) is 6. The van der Waals surface area contributed by atoms with Gasteiger partial charge in [0.2, 0.25) is 0 Å². The van der Waals surface area contributed by atoms with E-state index in [9.17, 15) is 4.79 Å². The van der Waals surface area contributed by atoms with E-state index in [-0.39, 0.29) is 17.9 Å². The van der Waals surface area contributed by atoms with Crippen molar-refractivity contribution < 1.29 is 14.2 Å². The Labute approximate surface area is 133 Å². The molecule has 3 heterocycles. The van der Waals surface area contributed by atoms with Crippen molar-refractivity contribution in [2.45, 2.75) is 25.0 Å². The molecule has 0 saturated carbocycles. The summed E-state index contributed by atoms with van der Waals surface area (Å²) in [7, 11) is 8.98. The summed E-state index contributed by atoms with van der Waals surface area (Å²) in [5.74, 6) is 0.550. The maximum atomic E-state index is 12.2. The van der Waals surface area contributed by atoms with E-state index in [0.29, 0.717) is 28.0 Å². The number of aromatic amines is 1. The monoisotopic (exact) mass is 324 g/mol. The fraction of sp³-hybridized carbons (Fsp3) is 0.643. The number of nitrogens with one attached hydrogen (secondary N) is 1. The van der Waals surface area contributed by atoms with Crippen LogP contribution >= 0.6 is 0 Å². The van der Waals surface area contributed by atoms with Gasteiger partial charge < -0.3 is 14.2 Å². The van der Waals surface area contributed by atoms with Gasteiger partial charge in [-0.2, -0.15) is 4.98 Å². The van der Waals surface area contributed by atoms with Crippen LogP contribution in [0.3, 0.4) is 0 Å². The molecule has 1 unspecified atom stereocenters. The highest BCUT2D eigenvalue weighted by Gasteiger charge is 2.37. The molecule has 2 aromatic rings. The smallest absolute Gasteiger partial charge is 0.310 e. The van der Waals surface area contributed by atoms with E-state index < -0.39 is 6.29 Å². The Morgan fingerprint density at radius 2 is 2.09 bits per heavy atom. The van der Waals surface area contributed by atoms with Gasteiger partial charge in [0.1, 0.15) is 12.3 Å². The van der Waals surface area contributed by atoms with E-state index in [2.05, 4.69) is 15.0 Å². The average Bonchev–Trinajstić information content (AvgIpc) is 3.09. The van der Waals surface area contributed by atoms with Crippen molar-refractivity contribution in [2.24, 2.45) is 0 Å². The zero-order valence-electron chi connectivity index (χ0n) is 13.9. The van der Waals surface area contributed by atoms with E-state index in [4.69, 9.17) is 14.2 Å². The first kappa shape index (κ1) is 16.1. The Morgan fingerprint density at radius 3 is 2.65 bits per heavy atom. The highest BCUT2D eigenvalue weighted by Crippen LogP contribution is 2.32. The van der Waals surface area contributed by atoms with Gasteiger partial charge in [0.25, 0.3) is 5.56 Å². The third-order valence-corrected chi connectivity index (χ3v) is 3.93. The number of aromatic nitrogens is 4. The number of imidazole rings is 1. The van der Waals surface area contributed by atoms with Crippen LogP contribution in [0.2, 0.25) is 0 Å². The van der Waals surface area contributed by atoms with Crippen molar-refractivity contribution >= 4 is 17.1 Å². The molecule has 0 aromatic carbocycles. The fourth-order valence-corrected chi connectivity index (χ4v) is 2.64. The summed E-state index contributed by atoms with van der Waals surface area (Å²) < 4.78 is 18.7. The number of H-pyrrole nitrogens is 1. The number of nitrogens with zero attached hydrogens (tertiary/aromatic N) is 4. The molecular formula is C14H22N5O4+. The van der Waals surface area contributed by atoms with Gasteiger partial charge in [-0.25, -0.2) is 4.98 Å². The summed E-state index contributed by atoms with van der Waals surface area (Å²) in [6.07, 6.45) is 1.19. The van der Waals surface area contributed by atoms with E-state index in [1.165, 1.54) is 0 Å². The summed E-state index contributed by atoms with van der Waals surface area (Å²) in [6.45, 7) is 0. The van der Waals surface area contributed by atoms with Gasteiger partial charge in [-0.05, 0) is 0 Å². The second-order valence-corrected chi connectivity index (χ2v) is 6.43. The number of methoxy groups -OCH3 is 2. The van der Waals surface area contributed by atoms with Crippen LogP contribution in [0.15, 0.2) is 11.1 Å². The van der Waals surface area contributed by atoms with E-state index >= 15 is 0 Å². The molecule has 0 radical (unpaired) electrons. The maximum absolute atomic E-state index is 12.2. The molecule has 3 rings (SSSR count). The minimum Gasteiger partial charge on any atom is -0.376 e. The minimum absolute atomic E-state index is 0.178. The summed E-state index contributed by atoms with van der Waals surface area (Å²) in [4.78, 5) is 23.8. The van der Waals surface area contributed by atoms with Crippen LogP contribution in [-0.4, -0.2) is 67.3 Å². The normalized spacial score (nSPS) is 25.3. The van der Waals surface area contributed by atoms with Gasteiger partial charge in [0.05, 0.1) is 27.5 Å². The van der Waals surface area contributed by atoms with Crippen LogP contribution in [0.5, 0.6) is 0 Å². The maximum Gasteiger partial charge on any atom is 0.310 e. The Bertz CT molecular complexity index is 751. The van der Waals surface area contributed by atoms with Gasteiger partial charge in [-0.15, -0.1) is 0 Å². The molecule has 0 bridgehead atoms. The lowest BCUT2D eigenvalue weighted by atomic mass is 10.2. The molecule has 2 aromatic heterocycles. The predicted molar refractivity (Wildman–Crippen MR) is 84.0 cm³/mol. The zero-order chi connectivity index (χ0) is 16.8. The highest BCUT2D eigenvalue weighted by molar-refractivity contribution is 5.70. The topological polar surface area (TPSA) is 91.3 Å². The molecule has 1 aliphatic rings. The third-order valence-electron chi connectivity index (χ3n) is 3.93. The number of fused-ring (bicyclic) bond motifs is 1. The lowest BCUT2D eigenvalue weighted by Crippen LogP contribution is -2.38. The number of rotatable bonds is 4. The molecule has 126 valence electrons. The summed E-state index contributed by atoms with van der Waals surface area (Å²) in [5.41, 5.74) is 0.524. The van der Waals surface area contributed by atoms with Gasteiger partial charge in [-0.1, -0.05) is 0 Å². The fourth-order valence-electron chi connectivity index (χ4n) is 2.64. The molecule has 9 heteroatoms. The SMILES string of the molecule is COC1C[C@H](n2cnc3c(=O)[nH]c([N+](C)(C)C)nc32)O[C@@H]1OC. The second kappa shape index (κ2) is 5.68. The zero-order valence-corrected chi connectivity index (χ0v) is 13.9. The molecule has 0 spiro atoms. The van der Waals surface area contributed by atoms with Crippen molar-refractivity contribution in [3.05, 3.63) is 16.7 Å². The van der Waals surface area contributed by atoms with Crippen molar-refractivity contribution in [3.63, 3.8) is 0 Å². The largest absolute Gasteiger partial charge is 0.376 e. The standard InChI is InChI=1S/C14H21N5O4/c1-19(2,3)14-16-11-10(12(20)17-14)15-7-18(11)9-6-8(21-4)13(22-5)23-9/h7-9,13H,6H2,1-5H3/p+1/t8?,9-,13+/m1/s1. The molecule has 3 atom stereocenters. The van der Waals surface area contributed by atoms with Gasteiger partial charge in [0.15, 0.2) is 17.5 Å². The van der Waals surface area contributed by atoms with Crippen molar-refractivity contribution in [1.82, 2.24) is 24.0 Å². The Hall–Kier alpha value is -1.81. The predicted octanol–water partition coefficient (Wildman–Crippen LogP) is 0.223. The van der Waals surface area contributed by atoms with E-state index in [1.54, 1.807) is 25.1 Å². The molecule has 23 heavy (non-hydrogen) atoms. The van der Waals surface area contributed by atoms with Crippen molar-refractivity contribution in [3.8, 4) is 0 Å². The lowest BCUT2D eigenvalue weighted by Gasteiger charge is -2.21. The number of quaternary nitrogens is 1. The molecule has 1 saturated heterocycles. The van der Waals surface area contributed by atoms with Crippen LogP contribution in [0.1, 0.15) is 12.6 Å². The van der Waals surface area contributed by atoms with Gasteiger partial charge in [0, 0.05) is 20.6 Å². The van der Waals surface area contributed by atoms with Crippen LogP contribution < -0.4 is 10.0 Å². The first-order valence-corrected chi connectivity index (χ1v) is 7.35. The molecule has 0 amide bonds. The summed E-state index contributed by atoms with van der Waals surface area (Å²) >= 11 is 0. The molecule has 1 aliphatic heterocycles. The molecule has 1 N–H and O–H groups in total. The van der Waals surface area contributed by atoms with Gasteiger partial charge >= 0.3 is 5.95 Å². The summed E-state index contributed by atoms with van der Waals surface area (Å²) in [6, 6.07) is 0.